The topological polar surface area (TPSA) is 57.5 Å². The van der Waals surface area contributed by atoms with Crippen LogP contribution in [-0.4, -0.2) is 22.3 Å². The monoisotopic (exact) mass is 358 g/mol. The van der Waals surface area contributed by atoms with E-state index in [0.717, 1.165) is 32.1 Å². The fourth-order valence-corrected chi connectivity index (χ4v) is 6.03. The molecular weight excluding hydrogens is 324 g/mol. The van der Waals surface area contributed by atoms with Gasteiger partial charge in [-0.05, 0) is 80.1 Å². The van der Waals surface area contributed by atoms with E-state index in [1.165, 1.54) is 36.0 Å². The lowest BCUT2D eigenvalue weighted by molar-refractivity contribution is -0.138. The number of aliphatic carboxylic acids is 1. The van der Waals surface area contributed by atoms with Crippen LogP contribution < -0.4 is 0 Å². The number of rotatable bonds is 4. The maximum Gasteiger partial charge on any atom is 0.303 e. The van der Waals surface area contributed by atoms with Crippen molar-refractivity contribution in [2.75, 3.05) is 0 Å². The standard InChI is InChI=1S/C23H34O3/c1-15-6-9-19(24)14-18(15)8-7-17-5-4-12-23(3)20(10-11-21(17)23)16(2)13-22(25)26/h7-8,16,19-21,24H,1,4-6,9-14H2,2-3H3,(H,25,26)/t16-,19?,20-,21+,23-/m1/s1. The third kappa shape index (κ3) is 3.83. The van der Waals surface area contributed by atoms with Crippen LogP contribution in [0.2, 0.25) is 0 Å². The molecule has 0 bridgehead atoms. The molecule has 3 heteroatoms. The van der Waals surface area contributed by atoms with Crippen LogP contribution in [0.1, 0.15) is 71.6 Å². The maximum atomic E-state index is 11.2. The van der Waals surface area contributed by atoms with Crippen molar-refractivity contribution in [1.29, 1.82) is 0 Å². The lowest BCUT2D eigenvalue weighted by atomic mass is 9.61. The lowest BCUT2D eigenvalue weighted by Crippen LogP contribution is -2.36. The first-order chi connectivity index (χ1) is 12.3. The Morgan fingerprint density at radius 2 is 2.08 bits per heavy atom. The molecule has 5 atom stereocenters. The number of carboxylic acids is 1. The fourth-order valence-electron chi connectivity index (χ4n) is 6.03. The second-order valence-corrected chi connectivity index (χ2v) is 9.10. The molecule has 0 spiro atoms. The highest BCUT2D eigenvalue weighted by Gasteiger charge is 2.50. The van der Waals surface area contributed by atoms with Crippen LogP contribution >= 0.6 is 0 Å². The summed E-state index contributed by atoms with van der Waals surface area (Å²) in [5.41, 5.74) is 4.15. The smallest absolute Gasteiger partial charge is 0.303 e. The van der Waals surface area contributed by atoms with Crippen molar-refractivity contribution in [3.05, 3.63) is 35.5 Å². The van der Waals surface area contributed by atoms with E-state index in [2.05, 4.69) is 32.6 Å². The zero-order valence-corrected chi connectivity index (χ0v) is 16.3. The molecule has 3 aliphatic rings. The van der Waals surface area contributed by atoms with Crippen molar-refractivity contribution in [3.8, 4) is 0 Å². The molecule has 0 amide bonds. The minimum absolute atomic E-state index is 0.227. The number of aliphatic hydroxyl groups is 1. The summed E-state index contributed by atoms with van der Waals surface area (Å²) in [7, 11) is 0. The summed E-state index contributed by atoms with van der Waals surface area (Å²) in [6, 6.07) is 0. The molecule has 0 aromatic carbocycles. The molecule has 3 nitrogen and oxygen atoms in total. The molecule has 3 rings (SSSR count). The zero-order valence-electron chi connectivity index (χ0n) is 16.3. The van der Waals surface area contributed by atoms with E-state index in [-0.39, 0.29) is 23.9 Å². The van der Waals surface area contributed by atoms with Gasteiger partial charge in [0.25, 0.3) is 0 Å². The number of hydrogen-bond donors (Lipinski definition) is 2. The summed E-state index contributed by atoms with van der Waals surface area (Å²) in [6.07, 6.45) is 12.9. The highest BCUT2D eigenvalue weighted by Crippen LogP contribution is 2.59. The van der Waals surface area contributed by atoms with Gasteiger partial charge in [0.15, 0.2) is 0 Å². The Morgan fingerprint density at radius 1 is 1.31 bits per heavy atom. The Labute approximate surface area is 157 Å². The molecule has 1 unspecified atom stereocenters. The highest BCUT2D eigenvalue weighted by molar-refractivity contribution is 5.67. The van der Waals surface area contributed by atoms with E-state index >= 15 is 0 Å². The average Bonchev–Trinajstić information content (AvgIpc) is 2.92. The SMILES string of the molecule is C=C1CCC(O)CC1=CC=C1CCC[C@]2(C)[C@@H]([C@H](C)CC(=O)O)CC[C@@H]12. The molecule has 2 N–H and O–H groups in total. The number of carboxylic acid groups (broad SMARTS) is 1. The summed E-state index contributed by atoms with van der Waals surface area (Å²) in [5, 5.41) is 19.1. The second-order valence-electron chi connectivity index (χ2n) is 9.10. The van der Waals surface area contributed by atoms with E-state index in [1.54, 1.807) is 0 Å². The van der Waals surface area contributed by atoms with E-state index < -0.39 is 5.97 Å². The van der Waals surface area contributed by atoms with Crippen LogP contribution in [0.15, 0.2) is 35.5 Å². The van der Waals surface area contributed by atoms with E-state index in [1.807, 2.05) is 0 Å². The van der Waals surface area contributed by atoms with Gasteiger partial charge < -0.3 is 10.2 Å². The van der Waals surface area contributed by atoms with Gasteiger partial charge >= 0.3 is 5.97 Å². The quantitative estimate of drug-likeness (QED) is 0.720. The molecule has 0 saturated heterocycles. The normalized spacial score (nSPS) is 39.2. The van der Waals surface area contributed by atoms with Gasteiger partial charge in [-0.25, -0.2) is 0 Å². The highest BCUT2D eigenvalue weighted by atomic mass is 16.4. The third-order valence-electron chi connectivity index (χ3n) is 7.41. The van der Waals surface area contributed by atoms with Crippen molar-refractivity contribution >= 4 is 5.97 Å². The zero-order chi connectivity index (χ0) is 18.9. The molecule has 3 saturated carbocycles. The Hall–Kier alpha value is -1.35. The van der Waals surface area contributed by atoms with Crippen LogP contribution in [-0.2, 0) is 4.79 Å². The molecule has 0 aromatic heterocycles. The summed E-state index contributed by atoms with van der Waals surface area (Å²) in [5.74, 6) is 0.659. The van der Waals surface area contributed by atoms with Crippen molar-refractivity contribution in [1.82, 2.24) is 0 Å². The number of allylic oxidation sites excluding steroid dienone is 4. The minimum Gasteiger partial charge on any atom is -0.481 e. The largest absolute Gasteiger partial charge is 0.481 e. The molecule has 26 heavy (non-hydrogen) atoms. The summed E-state index contributed by atoms with van der Waals surface area (Å²) >= 11 is 0. The minimum atomic E-state index is -0.671. The first kappa shape index (κ1) is 19.4. The maximum absolute atomic E-state index is 11.2. The van der Waals surface area contributed by atoms with Gasteiger partial charge in [-0.2, -0.15) is 0 Å². The molecule has 0 aliphatic heterocycles. The van der Waals surface area contributed by atoms with Gasteiger partial charge in [-0.1, -0.05) is 43.7 Å². The summed E-state index contributed by atoms with van der Waals surface area (Å²) < 4.78 is 0. The molecule has 0 aromatic rings. The summed E-state index contributed by atoms with van der Waals surface area (Å²) in [4.78, 5) is 11.2. The van der Waals surface area contributed by atoms with Gasteiger partial charge in [-0.3, -0.25) is 4.79 Å². The van der Waals surface area contributed by atoms with Crippen LogP contribution in [0.5, 0.6) is 0 Å². The molecule has 3 fully saturated rings. The Balaban J connectivity index is 1.79. The number of fused-ring (bicyclic) bond motifs is 1. The van der Waals surface area contributed by atoms with Crippen molar-refractivity contribution in [2.24, 2.45) is 23.2 Å². The van der Waals surface area contributed by atoms with E-state index in [9.17, 15) is 15.0 Å². The van der Waals surface area contributed by atoms with Gasteiger partial charge in [0, 0.05) is 6.42 Å². The molecule has 0 radical (unpaired) electrons. The first-order valence-electron chi connectivity index (χ1n) is 10.3. The van der Waals surface area contributed by atoms with Crippen LogP contribution in [0.3, 0.4) is 0 Å². The second kappa shape index (κ2) is 7.72. The third-order valence-corrected chi connectivity index (χ3v) is 7.41. The van der Waals surface area contributed by atoms with Crippen LogP contribution in [0.25, 0.3) is 0 Å². The van der Waals surface area contributed by atoms with Crippen molar-refractivity contribution < 1.29 is 15.0 Å². The van der Waals surface area contributed by atoms with Crippen molar-refractivity contribution in [2.45, 2.75) is 77.7 Å². The predicted octanol–water partition coefficient (Wildman–Crippen LogP) is 5.27. The first-order valence-corrected chi connectivity index (χ1v) is 10.3. The average molecular weight is 359 g/mol. The van der Waals surface area contributed by atoms with Gasteiger partial charge in [0.2, 0.25) is 0 Å². The van der Waals surface area contributed by atoms with E-state index in [4.69, 9.17) is 0 Å². The van der Waals surface area contributed by atoms with Crippen LogP contribution in [0, 0.1) is 23.2 Å². The predicted molar refractivity (Wildman–Crippen MR) is 105 cm³/mol. The molecular formula is C23H34O3. The lowest BCUT2D eigenvalue weighted by Gasteiger charge is -2.44. The summed E-state index contributed by atoms with van der Waals surface area (Å²) in [6.45, 7) is 8.70. The number of hydrogen-bond acceptors (Lipinski definition) is 2. The molecule has 3 aliphatic carbocycles. The van der Waals surface area contributed by atoms with Gasteiger partial charge in [0.1, 0.15) is 0 Å². The fraction of sp³-hybridized carbons (Fsp3) is 0.696. The number of carbonyl (C=O) groups is 1. The van der Waals surface area contributed by atoms with Crippen molar-refractivity contribution in [3.63, 3.8) is 0 Å². The van der Waals surface area contributed by atoms with Gasteiger partial charge in [-0.15, -0.1) is 0 Å². The Morgan fingerprint density at radius 3 is 2.81 bits per heavy atom. The molecule has 0 heterocycles. The molecule has 144 valence electrons. The Kier molecular flexibility index (Phi) is 5.76. The Bertz CT molecular complexity index is 629. The van der Waals surface area contributed by atoms with Gasteiger partial charge in [0.05, 0.1) is 6.10 Å². The van der Waals surface area contributed by atoms with E-state index in [0.29, 0.717) is 11.8 Å². The number of aliphatic hydroxyl groups excluding tert-OH is 1. The van der Waals surface area contributed by atoms with Crippen LogP contribution in [0.4, 0.5) is 0 Å².